The van der Waals surface area contributed by atoms with Crippen LogP contribution in [0.4, 0.5) is 0 Å². The molecule has 1 aromatic heterocycles. The Kier molecular flexibility index (Phi) is 3.06. The number of halogens is 1. The summed E-state index contributed by atoms with van der Waals surface area (Å²) in [4.78, 5) is 13.3. The molecule has 0 atom stereocenters. The summed E-state index contributed by atoms with van der Waals surface area (Å²) in [6.07, 6.45) is 1.90. The number of thiophene rings is 1. The van der Waals surface area contributed by atoms with Crippen LogP contribution in [0.25, 0.3) is 6.08 Å². The highest BCUT2D eigenvalue weighted by atomic mass is 79.9. The van der Waals surface area contributed by atoms with Crippen LogP contribution >= 0.6 is 27.3 Å². The minimum Gasteiger partial charge on any atom is -0.488 e. The molecule has 0 saturated carbocycles. The molecule has 0 aliphatic carbocycles. The van der Waals surface area contributed by atoms with E-state index in [1.165, 1.54) is 0 Å². The average molecular weight is 321 g/mol. The van der Waals surface area contributed by atoms with Gasteiger partial charge in [-0.2, -0.15) is 0 Å². The Balaban J connectivity index is 1.98. The van der Waals surface area contributed by atoms with E-state index in [0.29, 0.717) is 23.5 Å². The van der Waals surface area contributed by atoms with Gasteiger partial charge in [-0.25, -0.2) is 0 Å². The molecule has 4 heteroatoms. The molecule has 2 aromatic rings. The number of fused-ring (bicyclic) bond motifs is 1. The molecule has 0 fully saturated rings. The topological polar surface area (TPSA) is 26.3 Å². The summed E-state index contributed by atoms with van der Waals surface area (Å²) in [6.45, 7) is 0.339. The number of ketones is 1. The first-order valence-corrected chi connectivity index (χ1v) is 7.07. The zero-order valence-electron chi connectivity index (χ0n) is 9.35. The number of rotatable bonds is 1. The summed E-state index contributed by atoms with van der Waals surface area (Å²) < 4.78 is 6.64. The fourth-order valence-electron chi connectivity index (χ4n) is 1.86. The molecule has 0 spiro atoms. The standard InChI is InChI=1S/C14H9BrO2S/c15-13-6-5-10(18-13)7-9-8-17-12-4-2-1-3-11(12)14(9)16/h1-7H,8H2. The van der Waals surface area contributed by atoms with Crippen molar-refractivity contribution in [3.63, 3.8) is 0 Å². The number of carbonyl (C=O) groups is 1. The maximum absolute atomic E-state index is 12.3. The molecule has 0 N–H and O–H groups in total. The van der Waals surface area contributed by atoms with Gasteiger partial charge in [0.2, 0.25) is 0 Å². The Morgan fingerprint density at radius 3 is 2.83 bits per heavy atom. The van der Waals surface area contributed by atoms with Gasteiger partial charge in [0.15, 0.2) is 5.78 Å². The highest BCUT2D eigenvalue weighted by molar-refractivity contribution is 9.11. The zero-order valence-corrected chi connectivity index (χ0v) is 11.8. The molecule has 0 radical (unpaired) electrons. The van der Waals surface area contributed by atoms with Gasteiger partial charge in [-0.1, -0.05) is 12.1 Å². The summed E-state index contributed by atoms with van der Waals surface area (Å²) in [5.74, 6) is 0.730. The lowest BCUT2D eigenvalue weighted by molar-refractivity contribution is 0.100. The number of carbonyl (C=O) groups excluding carboxylic acids is 1. The van der Waals surface area contributed by atoms with Crippen LogP contribution in [-0.2, 0) is 0 Å². The Bertz CT molecular complexity index is 643. The van der Waals surface area contributed by atoms with Crippen molar-refractivity contribution in [1.82, 2.24) is 0 Å². The van der Waals surface area contributed by atoms with Crippen molar-refractivity contribution in [2.24, 2.45) is 0 Å². The van der Waals surface area contributed by atoms with Gasteiger partial charge in [-0.3, -0.25) is 4.79 Å². The van der Waals surface area contributed by atoms with E-state index in [4.69, 9.17) is 4.74 Å². The van der Waals surface area contributed by atoms with Crippen LogP contribution in [0.2, 0.25) is 0 Å². The molecule has 1 aromatic carbocycles. The highest BCUT2D eigenvalue weighted by Gasteiger charge is 2.22. The minimum atomic E-state index is 0.0568. The van der Waals surface area contributed by atoms with Gasteiger partial charge in [-0.05, 0) is 46.3 Å². The summed E-state index contributed by atoms with van der Waals surface area (Å²) >= 11 is 5.01. The van der Waals surface area contributed by atoms with Crippen molar-refractivity contribution in [1.29, 1.82) is 0 Å². The van der Waals surface area contributed by atoms with E-state index in [0.717, 1.165) is 8.66 Å². The predicted octanol–water partition coefficient (Wildman–Crippen LogP) is 4.17. The van der Waals surface area contributed by atoms with Crippen LogP contribution in [0.1, 0.15) is 15.2 Å². The third kappa shape index (κ3) is 2.13. The number of para-hydroxylation sites is 1. The van der Waals surface area contributed by atoms with Gasteiger partial charge in [0.05, 0.1) is 9.35 Å². The molecule has 0 saturated heterocycles. The van der Waals surface area contributed by atoms with E-state index < -0.39 is 0 Å². The molecule has 2 nitrogen and oxygen atoms in total. The lowest BCUT2D eigenvalue weighted by atomic mass is 10.00. The lowest BCUT2D eigenvalue weighted by Gasteiger charge is -2.18. The van der Waals surface area contributed by atoms with Crippen molar-refractivity contribution in [2.45, 2.75) is 0 Å². The molecule has 3 rings (SSSR count). The van der Waals surface area contributed by atoms with Crippen molar-refractivity contribution in [3.05, 3.63) is 56.2 Å². The van der Waals surface area contributed by atoms with Gasteiger partial charge in [0.1, 0.15) is 12.4 Å². The van der Waals surface area contributed by atoms with Gasteiger partial charge in [-0.15, -0.1) is 11.3 Å². The first-order valence-electron chi connectivity index (χ1n) is 5.46. The largest absolute Gasteiger partial charge is 0.488 e. The Hall–Kier alpha value is -1.39. The number of ether oxygens (including phenoxy) is 1. The zero-order chi connectivity index (χ0) is 12.5. The molecule has 2 heterocycles. The fraction of sp³-hybridized carbons (Fsp3) is 0.0714. The van der Waals surface area contributed by atoms with Gasteiger partial charge in [0.25, 0.3) is 0 Å². The smallest absolute Gasteiger partial charge is 0.196 e. The maximum atomic E-state index is 12.3. The summed E-state index contributed by atoms with van der Waals surface area (Å²) in [5, 5.41) is 0. The molecule has 0 bridgehead atoms. The third-order valence-electron chi connectivity index (χ3n) is 2.72. The summed E-state index contributed by atoms with van der Waals surface area (Å²) in [7, 11) is 0. The number of Topliss-reactive ketones (excluding diaryl/α,β-unsaturated/α-hetero) is 1. The second kappa shape index (κ2) is 4.71. The minimum absolute atomic E-state index is 0.0568. The molecule has 18 heavy (non-hydrogen) atoms. The molecule has 0 unspecified atom stereocenters. The normalized spacial score (nSPS) is 16.5. The monoisotopic (exact) mass is 320 g/mol. The second-order valence-electron chi connectivity index (χ2n) is 3.93. The van der Waals surface area contributed by atoms with E-state index in [2.05, 4.69) is 15.9 Å². The van der Waals surface area contributed by atoms with Crippen LogP contribution in [0.15, 0.2) is 45.8 Å². The van der Waals surface area contributed by atoms with E-state index in [-0.39, 0.29) is 5.78 Å². The molecular weight excluding hydrogens is 312 g/mol. The molecular formula is C14H9BrO2S. The second-order valence-corrected chi connectivity index (χ2v) is 6.42. The first kappa shape index (κ1) is 11.7. The van der Waals surface area contributed by atoms with Gasteiger partial charge >= 0.3 is 0 Å². The van der Waals surface area contributed by atoms with Gasteiger partial charge in [0, 0.05) is 10.5 Å². The van der Waals surface area contributed by atoms with Crippen molar-refractivity contribution in [3.8, 4) is 5.75 Å². The van der Waals surface area contributed by atoms with E-state index in [9.17, 15) is 4.79 Å². The van der Waals surface area contributed by atoms with E-state index in [1.807, 2.05) is 36.4 Å². The molecule has 1 aliphatic rings. The van der Waals surface area contributed by atoms with Crippen molar-refractivity contribution >= 4 is 39.1 Å². The maximum Gasteiger partial charge on any atom is 0.196 e. The average Bonchev–Trinajstić information content (AvgIpc) is 2.79. The van der Waals surface area contributed by atoms with Crippen LogP contribution in [-0.4, -0.2) is 12.4 Å². The Labute approximate surface area is 117 Å². The van der Waals surface area contributed by atoms with Crippen LogP contribution in [0.3, 0.4) is 0 Å². The van der Waals surface area contributed by atoms with E-state index >= 15 is 0 Å². The molecule has 0 amide bonds. The number of benzene rings is 1. The van der Waals surface area contributed by atoms with Gasteiger partial charge < -0.3 is 4.74 Å². The van der Waals surface area contributed by atoms with E-state index in [1.54, 1.807) is 17.4 Å². The summed E-state index contributed by atoms with van der Waals surface area (Å²) in [5.41, 5.74) is 1.34. The van der Waals surface area contributed by atoms with Crippen molar-refractivity contribution in [2.75, 3.05) is 6.61 Å². The number of hydrogen-bond acceptors (Lipinski definition) is 3. The Morgan fingerprint density at radius 2 is 2.06 bits per heavy atom. The number of hydrogen-bond donors (Lipinski definition) is 0. The molecule has 90 valence electrons. The molecule has 1 aliphatic heterocycles. The lowest BCUT2D eigenvalue weighted by Crippen LogP contribution is -2.18. The Morgan fingerprint density at radius 1 is 1.22 bits per heavy atom. The SMILES string of the molecule is O=C1C(=Cc2ccc(Br)s2)COc2ccccc21. The van der Waals surface area contributed by atoms with Crippen LogP contribution in [0.5, 0.6) is 5.75 Å². The van der Waals surface area contributed by atoms with Crippen LogP contribution < -0.4 is 4.74 Å². The van der Waals surface area contributed by atoms with Crippen LogP contribution in [0, 0.1) is 0 Å². The fourth-order valence-corrected chi connectivity index (χ4v) is 3.25. The quantitative estimate of drug-likeness (QED) is 0.737. The first-order chi connectivity index (χ1) is 8.74. The third-order valence-corrected chi connectivity index (χ3v) is 4.29. The predicted molar refractivity (Wildman–Crippen MR) is 76.3 cm³/mol. The van der Waals surface area contributed by atoms with Crippen molar-refractivity contribution < 1.29 is 9.53 Å². The summed E-state index contributed by atoms with van der Waals surface area (Å²) in [6, 6.07) is 11.3. The highest BCUT2D eigenvalue weighted by Crippen LogP contribution is 2.29.